The molecule has 0 unspecified atom stereocenters. The lowest BCUT2D eigenvalue weighted by Crippen LogP contribution is -2.74. The molecule has 6 heteroatoms. The highest BCUT2D eigenvalue weighted by Crippen LogP contribution is 2.82. The van der Waals surface area contributed by atoms with Crippen LogP contribution >= 0.6 is 0 Å². The number of hydrogen-bond donors (Lipinski definition) is 5. The van der Waals surface area contributed by atoms with E-state index in [-0.39, 0.29) is 46.2 Å². The Morgan fingerprint density at radius 1 is 0.870 bits per heavy atom. The maximum Gasteiger partial charge on any atom is 0.159 e. The number of carbonyl (C=O) groups excluding carboxylic acids is 1. The zero-order valence-corrected chi connectivity index (χ0v) is 32.7. The Morgan fingerprint density at radius 2 is 1.59 bits per heavy atom. The van der Waals surface area contributed by atoms with Crippen molar-refractivity contribution in [2.75, 3.05) is 6.61 Å². The molecule has 3 spiro atoms. The standard InChI is InChI=1S/C48H62O6/c1-42-16-7-6-12-38(52)48(45(28-42)17-8-9-18-45)34(25-42)33-24-35(50)41-46(43(33,2)26-39(48)53)19-13-31-22-29-10-4-5-11-30(29)23-32(31)47(41)21-15-37(51)44(3,40(54)27-49)36(47)14-20-46/h4-5,10-11,22-24,31-32,34,36-41,49,51-54H,7-9,13-21,25-28H2,1-3H3/t31-,32-,34-,36-,37+,38+,39+,40-,41+,42-,43-,44+,46-,47-,48-/m1/s1. The molecule has 0 aromatic heterocycles. The quantitative estimate of drug-likeness (QED) is 0.267. The van der Waals surface area contributed by atoms with Crippen LogP contribution in [0, 0.1) is 79.3 Å². The van der Waals surface area contributed by atoms with Crippen molar-refractivity contribution < 1.29 is 30.3 Å². The normalized spacial score (nSPS) is 51.3. The highest BCUT2D eigenvalue weighted by molar-refractivity contribution is 5.96. The Balaban J connectivity index is 1.23. The summed E-state index contributed by atoms with van der Waals surface area (Å²) < 4.78 is 0. The smallest absolute Gasteiger partial charge is 0.159 e. The Bertz CT molecular complexity index is 1980. The average Bonchev–Trinajstić information content (AvgIpc) is 3.61. The molecule has 54 heavy (non-hydrogen) atoms. The SMILES string of the molecule is C[C@@]12CCC#C[C@H](O)[C@@]3([C@H](C1)C1=CC(=O)[C@@H]4[C@@]56CC[C@H](O)[C@@](C)([C@H](O)CO)[C@H]5CC[C@@]4(CC[C@@H]4C=c5ccccc5=C[C@H]46)[C@]1(C)C[C@@H]3O)C1(CCCC1)C2. The summed E-state index contributed by atoms with van der Waals surface area (Å²) in [6, 6.07) is 8.58. The van der Waals surface area contributed by atoms with Gasteiger partial charge in [-0.3, -0.25) is 4.79 Å². The zero-order chi connectivity index (χ0) is 37.7. The molecular formula is C48H62O6. The molecule has 0 saturated heterocycles. The molecule has 0 amide bonds. The van der Waals surface area contributed by atoms with E-state index in [2.05, 4.69) is 68.2 Å². The first-order chi connectivity index (χ1) is 25.8. The molecule has 15 atom stereocenters. The van der Waals surface area contributed by atoms with E-state index in [0.29, 0.717) is 19.3 Å². The van der Waals surface area contributed by atoms with E-state index in [0.717, 1.165) is 77.0 Å². The Hall–Kier alpha value is -2.27. The van der Waals surface area contributed by atoms with Crippen LogP contribution in [0.2, 0.25) is 0 Å². The molecule has 10 aliphatic carbocycles. The summed E-state index contributed by atoms with van der Waals surface area (Å²) in [6.45, 7) is 6.39. The van der Waals surface area contributed by atoms with Crippen LogP contribution < -0.4 is 10.4 Å². The molecule has 5 N–H and O–H groups in total. The molecule has 11 rings (SSSR count). The monoisotopic (exact) mass is 734 g/mol. The van der Waals surface area contributed by atoms with E-state index in [1.807, 2.05) is 6.92 Å². The van der Waals surface area contributed by atoms with Gasteiger partial charge in [-0.25, -0.2) is 0 Å². The van der Waals surface area contributed by atoms with Crippen LogP contribution in [-0.4, -0.2) is 62.3 Å². The number of aliphatic hydroxyl groups is 5. The van der Waals surface area contributed by atoms with Crippen LogP contribution in [0.15, 0.2) is 35.9 Å². The number of carbonyl (C=O) groups is 1. The molecule has 0 aliphatic heterocycles. The third kappa shape index (κ3) is 4.10. The topological polar surface area (TPSA) is 118 Å². The second-order valence-corrected chi connectivity index (χ2v) is 21.0. The fraction of sp³-hybridized carbons (Fsp3) is 0.729. The van der Waals surface area contributed by atoms with Gasteiger partial charge in [-0.05, 0) is 144 Å². The van der Waals surface area contributed by atoms with Crippen molar-refractivity contribution in [1.82, 2.24) is 0 Å². The van der Waals surface area contributed by atoms with Gasteiger partial charge in [-0.2, -0.15) is 0 Å². The Morgan fingerprint density at radius 3 is 2.33 bits per heavy atom. The van der Waals surface area contributed by atoms with E-state index in [1.165, 1.54) is 16.0 Å². The molecule has 1 aromatic carbocycles. The largest absolute Gasteiger partial charge is 0.394 e. The number of allylic oxidation sites excluding steroid dienone is 2. The van der Waals surface area contributed by atoms with Gasteiger partial charge in [0.05, 0.1) is 24.9 Å². The maximum atomic E-state index is 15.9. The molecule has 0 radical (unpaired) electrons. The minimum Gasteiger partial charge on any atom is -0.394 e. The summed E-state index contributed by atoms with van der Waals surface area (Å²) in [4.78, 5) is 15.9. The molecule has 10 aliphatic rings. The minimum absolute atomic E-state index is 0.00233. The predicted octanol–water partition coefficient (Wildman–Crippen LogP) is 5.20. The van der Waals surface area contributed by atoms with E-state index >= 15 is 4.79 Å². The van der Waals surface area contributed by atoms with Gasteiger partial charge in [-0.1, -0.05) is 81.5 Å². The van der Waals surface area contributed by atoms with Crippen molar-refractivity contribution in [2.24, 2.45) is 67.5 Å². The van der Waals surface area contributed by atoms with Gasteiger partial charge in [0.1, 0.15) is 6.10 Å². The lowest BCUT2D eigenvalue weighted by molar-refractivity contribution is -0.266. The second kappa shape index (κ2) is 11.7. The molecule has 1 aromatic rings. The number of fused-ring (bicyclic) bond motifs is 6. The number of benzene rings is 1. The summed E-state index contributed by atoms with van der Waals surface area (Å²) in [5.41, 5.74) is -2.31. The van der Waals surface area contributed by atoms with E-state index in [9.17, 15) is 25.5 Å². The van der Waals surface area contributed by atoms with E-state index in [1.54, 1.807) is 0 Å². The Kier molecular flexibility index (Phi) is 7.79. The van der Waals surface area contributed by atoms with Crippen LogP contribution in [0.4, 0.5) is 0 Å². The first-order valence-corrected chi connectivity index (χ1v) is 21.6. The summed E-state index contributed by atoms with van der Waals surface area (Å²) in [5, 5.41) is 62.3. The van der Waals surface area contributed by atoms with E-state index < -0.39 is 58.1 Å². The molecule has 6 saturated carbocycles. The number of hydrogen-bond acceptors (Lipinski definition) is 6. The first kappa shape index (κ1) is 36.1. The van der Waals surface area contributed by atoms with Crippen LogP contribution in [-0.2, 0) is 4.79 Å². The van der Waals surface area contributed by atoms with Gasteiger partial charge < -0.3 is 25.5 Å². The third-order valence-electron chi connectivity index (χ3n) is 19.5. The first-order valence-electron chi connectivity index (χ1n) is 21.6. The fourth-order valence-corrected chi connectivity index (χ4v) is 17.5. The second-order valence-electron chi connectivity index (χ2n) is 21.0. The van der Waals surface area contributed by atoms with Gasteiger partial charge in [0.2, 0.25) is 0 Å². The molecular weight excluding hydrogens is 673 g/mol. The van der Waals surface area contributed by atoms with Gasteiger partial charge >= 0.3 is 0 Å². The van der Waals surface area contributed by atoms with Crippen molar-refractivity contribution in [3.05, 3.63) is 46.4 Å². The van der Waals surface area contributed by atoms with Crippen molar-refractivity contribution in [3.63, 3.8) is 0 Å². The average molecular weight is 735 g/mol. The van der Waals surface area contributed by atoms with Gasteiger partial charge in [0.15, 0.2) is 5.78 Å². The van der Waals surface area contributed by atoms with Crippen LogP contribution in [0.3, 0.4) is 0 Å². The van der Waals surface area contributed by atoms with Crippen molar-refractivity contribution in [3.8, 4) is 11.8 Å². The van der Waals surface area contributed by atoms with Gasteiger partial charge in [-0.15, -0.1) is 5.92 Å². The van der Waals surface area contributed by atoms with Gasteiger partial charge in [0, 0.05) is 23.2 Å². The molecule has 290 valence electrons. The third-order valence-corrected chi connectivity index (χ3v) is 19.5. The lowest BCUT2D eigenvalue weighted by Gasteiger charge is -2.75. The maximum absolute atomic E-state index is 15.9. The summed E-state index contributed by atoms with van der Waals surface area (Å²) in [5.74, 6) is 6.43. The highest BCUT2D eigenvalue weighted by Gasteiger charge is 2.79. The summed E-state index contributed by atoms with van der Waals surface area (Å²) >= 11 is 0. The number of aliphatic hydroxyl groups excluding tert-OH is 5. The molecule has 6 fully saturated rings. The lowest BCUT2D eigenvalue weighted by atomic mass is 9.29. The van der Waals surface area contributed by atoms with Crippen LogP contribution in [0.1, 0.15) is 117 Å². The zero-order valence-electron chi connectivity index (χ0n) is 32.7. The predicted molar refractivity (Wildman–Crippen MR) is 207 cm³/mol. The summed E-state index contributed by atoms with van der Waals surface area (Å²) in [7, 11) is 0. The van der Waals surface area contributed by atoms with Crippen molar-refractivity contribution >= 4 is 17.9 Å². The van der Waals surface area contributed by atoms with Gasteiger partial charge in [0.25, 0.3) is 0 Å². The molecule has 4 bridgehead atoms. The molecule has 0 heterocycles. The number of rotatable bonds is 2. The fourth-order valence-electron chi connectivity index (χ4n) is 17.5. The van der Waals surface area contributed by atoms with Crippen LogP contribution in [0.25, 0.3) is 12.2 Å². The Labute approximate surface area is 321 Å². The molecule has 6 nitrogen and oxygen atoms in total. The van der Waals surface area contributed by atoms with E-state index in [4.69, 9.17) is 0 Å². The summed E-state index contributed by atoms with van der Waals surface area (Å²) in [6.07, 6.45) is 16.1. The number of ketones is 1. The van der Waals surface area contributed by atoms with Crippen molar-refractivity contribution in [1.29, 1.82) is 0 Å². The van der Waals surface area contributed by atoms with Crippen molar-refractivity contribution in [2.45, 2.75) is 141 Å². The van der Waals surface area contributed by atoms with Crippen LogP contribution in [0.5, 0.6) is 0 Å². The highest BCUT2D eigenvalue weighted by atomic mass is 16.3. The minimum atomic E-state index is -1.11.